The predicted octanol–water partition coefficient (Wildman–Crippen LogP) is 0.613. The molecule has 2 heterocycles. The van der Waals surface area contributed by atoms with Crippen molar-refractivity contribution in [1.82, 2.24) is 15.0 Å². The Balaban J connectivity index is 2.43. The van der Waals surface area contributed by atoms with Gasteiger partial charge < -0.3 is 10.8 Å². The second-order valence-corrected chi connectivity index (χ2v) is 3.00. The molecule has 0 aliphatic rings. The molecule has 0 aliphatic carbocycles. The second kappa shape index (κ2) is 4.02. The monoisotopic (exact) mass is 202 g/mol. The first-order valence-corrected chi connectivity index (χ1v) is 4.44. The van der Waals surface area contributed by atoms with E-state index in [0.29, 0.717) is 17.2 Å². The minimum Gasteiger partial charge on any atom is -0.391 e. The van der Waals surface area contributed by atoms with E-state index in [-0.39, 0.29) is 6.61 Å². The Morgan fingerprint density at radius 2 is 2.00 bits per heavy atom. The molecular weight excluding hydrogens is 192 g/mol. The fourth-order valence-corrected chi connectivity index (χ4v) is 1.18. The van der Waals surface area contributed by atoms with E-state index in [1.54, 1.807) is 24.5 Å². The standard InChI is InChI=1S/C10H10N4O/c11-9-8(6-15)5-13-10(14-9)7-1-3-12-4-2-7/h1-5,15H,6H2,(H2,11,13,14). The van der Waals surface area contributed by atoms with Crippen LogP contribution in [0.25, 0.3) is 11.4 Å². The molecule has 76 valence electrons. The smallest absolute Gasteiger partial charge is 0.161 e. The van der Waals surface area contributed by atoms with Crippen molar-refractivity contribution in [2.45, 2.75) is 6.61 Å². The van der Waals surface area contributed by atoms with Gasteiger partial charge in [-0.2, -0.15) is 0 Å². The second-order valence-electron chi connectivity index (χ2n) is 3.00. The number of anilines is 1. The van der Waals surface area contributed by atoms with Gasteiger partial charge in [0.1, 0.15) is 5.82 Å². The third-order valence-corrected chi connectivity index (χ3v) is 2.01. The number of nitrogen functional groups attached to an aromatic ring is 1. The van der Waals surface area contributed by atoms with Crippen molar-refractivity contribution < 1.29 is 5.11 Å². The van der Waals surface area contributed by atoms with Crippen molar-refractivity contribution in [2.24, 2.45) is 0 Å². The van der Waals surface area contributed by atoms with Gasteiger partial charge in [0.15, 0.2) is 5.82 Å². The van der Waals surface area contributed by atoms with Gasteiger partial charge in [0.25, 0.3) is 0 Å². The fourth-order valence-electron chi connectivity index (χ4n) is 1.18. The van der Waals surface area contributed by atoms with E-state index in [1.807, 2.05) is 0 Å². The van der Waals surface area contributed by atoms with Crippen LogP contribution >= 0.6 is 0 Å². The van der Waals surface area contributed by atoms with Crippen molar-refractivity contribution >= 4 is 5.82 Å². The zero-order valence-corrected chi connectivity index (χ0v) is 7.96. The van der Waals surface area contributed by atoms with Gasteiger partial charge in [-0.25, -0.2) is 9.97 Å². The summed E-state index contributed by atoms with van der Waals surface area (Å²) < 4.78 is 0. The van der Waals surface area contributed by atoms with Crippen molar-refractivity contribution in [3.63, 3.8) is 0 Å². The minimum absolute atomic E-state index is 0.150. The van der Waals surface area contributed by atoms with Crippen LogP contribution < -0.4 is 5.73 Å². The van der Waals surface area contributed by atoms with E-state index in [2.05, 4.69) is 15.0 Å². The lowest BCUT2D eigenvalue weighted by Gasteiger charge is -2.03. The van der Waals surface area contributed by atoms with Gasteiger partial charge in [-0.1, -0.05) is 0 Å². The molecule has 2 rings (SSSR count). The molecule has 5 heteroatoms. The lowest BCUT2D eigenvalue weighted by Crippen LogP contribution is -2.01. The van der Waals surface area contributed by atoms with E-state index in [0.717, 1.165) is 5.56 Å². The minimum atomic E-state index is -0.150. The average Bonchev–Trinajstić information content (AvgIpc) is 2.30. The molecule has 0 atom stereocenters. The van der Waals surface area contributed by atoms with Gasteiger partial charge in [-0.3, -0.25) is 4.98 Å². The average molecular weight is 202 g/mol. The Hall–Kier alpha value is -2.01. The summed E-state index contributed by atoms with van der Waals surface area (Å²) in [5.74, 6) is 0.839. The Morgan fingerprint density at radius 3 is 2.60 bits per heavy atom. The quantitative estimate of drug-likeness (QED) is 0.745. The number of rotatable bonds is 2. The van der Waals surface area contributed by atoms with Gasteiger partial charge in [-0.05, 0) is 12.1 Å². The highest BCUT2D eigenvalue weighted by Crippen LogP contribution is 2.16. The lowest BCUT2D eigenvalue weighted by atomic mass is 10.2. The SMILES string of the molecule is Nc1nc(-c2ccncc2)ncc1CO. The number of hydrogen-bond donors (Lipinski definition) is 2. The molecule has 0 unspecified atom stereocenters. The molecule has 0 amide bonds. The maximum absolute atomic E-state index is 8.91. The van der Waals surface area contributed by atoms with Crippen LogP contribution in [0.1, 0.15) is 5.56 Å². The third kappa shape index (κ3) is 1.92. The molecular formula is C10H10N4O. The summed E-state index contributed by atoms with van der Waals surface area (Å²) in [5.41, 5.74) is 7.03. The fraction of sp³-hybridized carbons (Fsp3) is 0.100. The highest BCUT2D eigenvalue weighted by Gasteiger charge is 2.04. The van der Waals surface area contributed by atoms with Crippen molar-refractivity contribution in [1.29, 1.82) is 0 Å². The topological polar surface area (TPSA) is 84.9 Å². The van der Waals surface area contributed by atoms with E-state index >= 15 is 0 Å². The molecule has 15 heavy (non-hydrogen) atoms. The number of hydrogen-bond acceptors (Lipinski definition) is 5. The summed E-state index contributed by atoms with van der Waals surface area (Å²) >= 11 is 0. The van der Waals surface area contributed by atoms with E-state index in [9.17, 15) is 0 Å². The molecule has 2 aromatic heterocycles. The highest BCUT2D eigenvalue weighted by atomic mass is 16.3. The number of nitrogens with zero attached hydrogens (tertiary/aromatic N) is 3. The zero-order valence-electron chi connectivity index (χ0n) is 7.96. The van der Waals surface area contributed by atoms with E-state index in [4.69, 9.17) is 10.8 Å². The predicted molar refractivity (Wildman–Crippen MR) is 55.6 cm³/mol. The van der Waals surface area contributed by atoms with Crippen LogP contribution in [0.3, 0.4) is 0 Å². The van der Waals surface area contributed by atoms with Crippen LogP contribution in [0.5, 0.6) is 0 Å². The van der Waals surface area contributed by atoms with Gasteiger partial charge in [-0.15, -0.1) is 0 Å². The largest absolute Gasteiger partial charge is 0.391 e. The van der Waals surface area contributed by atoms with Crippen LogP contribution in [0.15, 0.2) is 30.7 Å². The first kappa shape index (κ1) is 9.54. The molecule has 0 radical (unpaired) electrons. The Morgan fingerprint density at radius 1 is 1.27 bits per heavy atom. The van der Waals surface area contributed by atoms with Gasteiger partial charge in [0.05, 0.1) is 6.61 Å². The van der Waals surface area contributed by atoms with Crippen LogP contribution in [-0.4, -0.2) is 20.1 Å². The van der Waals surface area contributed by atoms with Gasteiger partial charge >= 0.3 is 0 Å². The summed E-state index contributed by atoms with van der Waals surface area (Å²) in [5, 5.41) is 8.91. The van der Waals surface area contributed by atoms with E-state index in [1.165, 1.54) is 6.20 Å². The normalized spacial score (nSPS) is 10.2. The van der Waals surface area contributed by atoms with Crippen LogP contribution in [0, 0.1) is 0 Å². The number of aliphatic hydroxyl groups excluding tert-OH is 1. The molecule has 0 saturated heterocycles. The molecule has 5 nitrogen and oxygen atoms in total. The highest BCUT2D eigenvalue weighted by molar-refractivity contribution is 5.56. The summed E-state index contributed by atoms with van der Waals surface area (Å²) in [6.07, 6.45) is 4.85. The third-order valence-electron chi connectivity index (χ3n) is 2.01. The number of aromatic nitrogens is 3. The van der Waals surface area contributed by atoms with Crippen molar-refractivity contribution in [2.75, 3.05) is 5.73 Å². The number of pyridine rings is 1. The van der Waals surface area contributed by atoms with Crippen LogP contribution in [-0.2, 0) is 6.61 Å². The van der Waals surface area contributed by atoms with E-state index < -0.39 is 0 Å². The number of aliphatic hydroxyl groups is 1. The van der Waals surface area contributed by atoms with Crippen molar-refractivity contribution in [3.8, 4) is 11.4 Å². The Labute approximate surface area is 86.6 Å². The Kier molecular flexibility index (Phi) is 2.55. The molecule has 3 N–H and O–H groups in total. The van der Waals surface area contributed by atoms with Gasteiger partial charge in [0, 0.05) is 29.7 Å². The molecule has 0 aromatic carbocycles. The summed E-state index contributed by atoms with van der Waals surface area (Å²) in [6.45, 7) is -0.150. The maximum atomic E-state index is 8.91. The molecule has 0 fully saturated rings. The molecule has 0 aliphatic heterocycles. The number of nitrogens with two attached hydrogens (primary N) is 1. The van der Waals surface area contributed by atoms with Crippen LogP contribution in [0.2, 0.25) is 0 Å². The molecule has 0 spiro atoms. The summed E-state index contributed by atoms with van der Waals surface area (Å²) in [7, 11) is 0. The Bertz CT molecular complexity index is 458. The van der Waals surface area contributed by atoms with Gasteiger partial charge in [0.2, 0.25) is 0 Å². The van der Waals surface area contributed by atoms with Crippen LogP contribution in [0.4, 0.5) is 5.82 Å². The maximum Gasteiger partial charge on any atom is 0.161 e. The lowest BCUT2D eigenvalue weighted by molar-refractivity contribution is 0.281. The molecule has 2 aromatic rings. The molecule has 0 saturated carbocycles. The summed E-state index contributed by atoms with van der Waals surface area (Å²) in [4.78, 5) is 12.1. The van der Waals surface area contributed by atoms with Crippen molar-refractivity contribution in [3.05, 3.63) is 36.3 Å². The zero-order chi connectivity index (χ0) is 10.7. The first-order valence-electron chi connectivity index (χ1n) is 4.44. The first-order chi connectivity index (χ1) is 7.31. The summed E-state index contributed by atoms with van der Waals surface area (Å²) in [6, 6.07) is 3.60. The molecule has 0 bridgehead atoms.